The quantitative estimate of drug-likeness (QED) is 0.190. The van der Waals surface area contributed by atoms with Gasteiger partial charge in [0.05, 0.1) is 6.61 Å². The molecule has 0 unspecified atom stereocenters. The van der Waals surface area contributed by atoms with Crippen LogP contribution in [0.25, 0.3) is 0 Å². The van der Waals surface area contributed by atoms with Gasteiger partial charge in [-0.15, -0.1) is 6.58 Å². The number of ether oxygens (including phenoxy) is 1. The maximum absolute atomic E-state index is 12.1. The minimum absolute atomic E-state index is 0.0228. The van der Waals surface area contributed by atoms with Gasteiger partial charge >= 0.3 is 0 Å². The zero-order chi connectivity index (χ0) is 22.4. The maximum atomic E-state index is 12.1. The van der Waals surface area contributed by atoms with Gasteiger partial charge in [-0.25, -0.2) is 0 Å². The Balaban J connectivity index is 3.02. The van der Waals surface area contributed by atoms with E-state index in [1.165, 1.54) is 5.57 Å². The molecule has 0 N–H and O–H groups in total. The molecule has 3 nitrogen and oxygen atoms in total. The first-order valence-electron chi connectivity index (χ1n) is 11.5. The number of rotatable bonds is 12. The number of allylic oxidation sites excluding steroid dienone is 2. The minimum Gasteiger partial charge on any atom is -0.391 e. The van der Waals surface area contributed by atoms with Gasteiger partial charge in [0.2, 0.25) is 8.32 Å². The van der Waals surface area contributed by atoms with Crippen molar-refractivity contribution in [2.75, 3.05) is 6.61 Å². The van der Waals surface area contributed by atoms with E-state index in [-0.39, 0.29) is 24.0 Å². The SMILES string of the molecule is C=C[C@@H]1[C@H](O[Si](C(C)C)(C(C)C)C(C)C)OC[C@H]1[C@@H](C=O)[C@H](C)CCC=C(C)C. The predicted octanol–water partition coefficient (Wildman–Crippen LogP) is 7.15. The van der Waals surface area contributed by atoms with Gasteiger partial charge < -0.3 is 14.0 Å². The summed E-state index contributed by atoms with van der Waals surface area (Å²) in [7, 11) is -2.05. The van der Waals surface area contributed by atoms with E-state index in [9.17, 15) is 4.79 Å². The summed E-state index contributed by atoms with van der Waals surface area (Å²) in [5, 5.41) is 0. The molecule has 0 saturated carbocycles. The van der Waals surface area contributed by atoms with Crippen molar-refractivity contribution in [2.45, 2.75) is 98.1 Å². The molecule has 1 aliphatic rings. The molecule has 1 rings (SSSR count). The predicted molar refractivity (Wildman–Crippen MR) is 126 cm³/mol. The number of hydrogen-bond acceptors (Lipinski definition) is 3. The third-order valence-corrected chi connectivity index (χ3v) is 13.1. The van der Waals surface area contributed by atoms with Crippen LogP contribution >= 0.6 is 0 Å². The zero-order valence-corrected chi connectivity index (χ0v) is 21.4. The lowest BCUT2D eigenvalue weighted by Gasteiger charge is -2.44. The Kier molecular flexibility index (Phi) is 10.5. The van der Waals surface area contributed by atoms with Crippen LogP contribution in [0.2, 0.25) is 16.6 Å². The van der Waals surface area contributed by atoms with Crippen molar-refractivity contribution < 1.29 is 14.0 Å². The van der Waals surface area contributed by atoms with Crippen LogP contribution < -0.4 is 0 Å². The molecule has 0 radical (unpaired) electrons. The van der Waals surface area contributed by atoms with Crippen LogP contribution in [-0.2, 0) is 14.0 Å². The average molecular weight is 423 g/mol. The van der Waals surface area contributed by atoms with Crippen LogP contribution in [0.4, 0.5) is 0 Å². The van der Waals surface area contributed by atoms with Gasteiger partial charge in [0.25, 0.3) is 0 Å². The fraction of sp³-hybridized carbons (Fsp3) is 0.800. The van der Waals surface area contributed by atoms with Crippen molar-refractivity contribution in [1.82, 2.24) is 0 Å². The first kappa shape index (κ1) is 26.3. The van der Waals surface area contributed by atoms with Gasteiger partial charge in [0.1, 0.15) is 6.29 Å². The molecule has 0 aromatic heterocycles. The van der Waals surface area contributed by atoms with Gasteiger partial charge in [-0.05, 0) is 49.2 Å². The molecule has 0 amide bonds. The highest BCUT2D eigenvalue weighted by molar-refractivity contribution is 6.77. The lowest BCUT2D eigenvalue weighted by atomic mass is 9.76. The molecule has 29 heavy (non-hydrogen) atoms. The molecule has 1 fully saturated rings. The first-order valence-corrected chi connectivity index (χ1v) is 13.7. The first-order chi connectivity index (χ1) is 13.5. The van der Waals surface area contributed by atoms with Gasteiger partial charge in [-0.3, -0.25) is 0 Å². The summed E-state index contributed by atoms with van der Waals surface area (Å²) in [5.74, 6) is 0.514. The van der Waals surface area contributed by atoms with Crippen molar-refractivity contribution in [3.8, 4) is 0 Å². The number of carbonyl (C=O) groups excluding carboxylic acids is 1. The fourth-order valence-corrected chi connectivity index (χ4v) is 10.9. The van der Waals surface area contributed by atoms with E-state index in [0.717, 1.165) is 19.1 Å². The maximum Gasteiger partial charge on any atom is 0.203 e. The van der Waals surface area contributed by atoms with Crippen molar-refractivity contribution in [1.29, 1.82) is 0 Å². The number of hydrogen-bond donors (Lipinski definition) is 0. The molecule has 1 aliphatic heterocycles. The van der Waals surface area contributed by atoms with Crippen LogP contribution in [0.15, 0.2) is 24.3 Å². The van der Waals surface area contributed by atoms with E-state index in [1.807, 2.05) is 6.08 Å². The molecule has 0 aromatic rings. The van der Waals surface area contributed by atoms with Crippen LogP contribution in [0.5, 0.6) is 0 Å². The second-order valence-corrected chi connectivity index (χ2v) is 15.6. The third-order valence-electron chi connectivity index (χ3n) is 7.04. The highest BCUT2D eigenvalue weighted by Crippen LogP contribution is 2.46. The topological polar surface area (TPSA) is 35.5 Å². The van der Waals surface area contributed by atoms with E-state index >= 15 is 0 Å². The van der Waals surface area contributed by atoms with Crippen molar-refractivity contribution in [3.63, 3.8) is 0 Å². The molecule has 5 atom stereocenters. The van der Waals surface area contributed by atoms with E-state index in [2.05, 4.69) is 75.0 Å². The molecule has 0 bridgehead atoms. The Morgan fingerprint density at radius 2 is 1.66 bits per heavy atom. The third kappa shape index (κ3) is 6.14. The van der Waals surface area contributed by atoms with Gasteiger partial charge in [0.15, 0.2) is 6.29 Å². The Bertz CT molecular complexity index is 526. The second-order valence-electron chi connectivity index (χ2n) is 10.2. The van der Waals surface area contributed by atoms with E-state index in [4.69, 9.17) is 9.16 Å². The van der Waals surface area contributed by atoms with Crippen molar-refractivity contribution >= 4 is 14.6 Å². The lowest BCUT2D eigenvalue weighted by molar-refractivity contribution is -0.114. The molecule has 0 spiro atoms. The average Bonchev–Trinajstić information content (AvgIpc) is 3.01. The smallest absolute Gasteiger partial charge is 0.203 e. The van der Waals surface area contributed by atoms with E-state index in [0.29, 0.717) is 29.1 Å². The molecule has 0 aromatic carbocycles. The zero-order valence-electron chi connectivity index (χ0n) is 20.4. The van der Waals surface area contributed by atoms with Gasteiger partial charge in [-0.1, -0.05) is 66.2 Å². The summed E-state index contributed by atoms with van der Waals surface area (Å²) in [6.07, 6.45) is 7.14. The van der Waals surface area contributed by atoms with Crippen LogP contribution in [0.1, 0.15) is 75.2 Å². The molecular formula is C25H46O3Si. The van der Waals surface area contributed by atoms with Crippen molar-refractivity contribution in [3.05, 3.63) is 24.3 Å². The summed E-state index contributed by atoms with van der Waals surface area (Å²) < 4.78 is 13.1. The normalized spacial score (nSPS) is 24.8. The largest absolute Gasteiger partial charge is 0.391 e. The van der Waals surface area contributed by atoms with Crippen LogP contribution in [0.3, 0.4) is 0 Å². The summed E-state index contributed by atoms with van der Waals surface area (Å²) >= 11 is 0. The second kappa shape index (κ2) is 11.6. The minimum atomic E-state index is -2.05. The Hall–Kier alpha value is -0.713. The molecule has 1 saturated heterocycles. The molecule has 1 heterocycles. The summed E-state index contributed by atoms with van der Waals surface area (Å²) in [6, 6.07) is 0. The lowest BCUT2D eigenvalue weighted by Crippen LogP contribution is -2.51. The Morgan fingerprint density at radius 1 is 1.10 bits per heavy atom. The van der Waals surface area contributed by atoms with Gasteiger partial charge in [0, 0.05) is 17.8 Å². The number of aldehydes is 1. The highest BCUT2D eigenvalue weighted by atomic mass is 28.4. The Labute approximate surface area is 181 Å². The monoisotopic (exact) mass is 422 g/mol. The fourth-order valence-electron chi connectivity index (χ4n) is 5.49. The Morgan fingerprint density at radius 3 is 2.07 bits per heavy atom. The summed E-state index contributed by atoms with van der Waals surface area (Å²) in [4.78, 5) is 12.1. The van der Waals surface area contributed by atoms with E-state index in [1.54, 1.807) is 0 Å². The van der Waals surface area contributed by atoms with E-state index < -0.39 is 8.32 Å². The molecule has 168 valence electrons. The van der Waals surface area contributed by atoms with Crippen molar-refractivity contribution in [2.24, 2.45) is 23.7 Å². The van der Waals surface area contributed by atoms with Crippen LogP contribution in [-0.4, -0.2) is 27.5 Å². The summed E-state index contributed by atoms with van der Waals surface area (Å²) in [6.45, 7) is 24.9. The summed E-state index contributed by atoms with van der Waals surface area (Å²) in [5.41, 5.74) is 2.83. The van der Waals surface area contributed by atoms with Crippen LogP contribution in [0, 0.1) is 23.7 Å². The standard InChI is InChI=1S/C25H46O3Si/c1-11-22-24(23(15-26)21(10)14-12-13-17(2)3)16-27-25(22)28-29(18(4)5,19(6)7)20(8)9/h11,13,15,18-25H,1,12,14,16H2,2-10H3/t21-,22+,23+,24-,25+/m1/s1. The molecular weight excluding hydrogens is 376 g/mol. The highest BCUT2D eigenvalue weighted by Gasteiger charge is 2.51. The molecule has 4 heteroatoms. The molecule has 0 aliphatic carbocycles. The van der Waals surface area contributed by atoms with Gasteiger partial charge in [-0.2, -0.15) is 0 Å². The number of carbonyl (C=O) groups is 1.